The monoisotopic (exact) mass is 220 g/mol. The topological polar surface area (TPSA) is 72.2 Å². The molecule has 1 saturated carbocycles. The van der Waals surface area contributed by atoms with Gasteiger partial charge in [0.15, 0.2) is 0 Å². The summed E-state index contributed by atoms with van der Waals surface area (Å²) in [6.45, 7) is 0. The van der Waals surface area contributed by atoms with Crippen LogP contribution in [0.2, 0.25) is 0 Å². The molecule has 0 heterocycles. The van der Waals surface area contributed by atoms with Crippen molar-refractivity contribution in [3.8, 4) is 0 Å². The molecular formula is C9H20N2O2S. The number of hydrogen-bond donors (Lipinski definition) is 2. The number of rotatable bonds is 5. The molecule has 0 aromatic carbocycles. The maximum absolute atomic E-state index is 11.1. The molecule has 0 spiro atoms. The second-order valence-electron chi connectivity index (χ2n) is 4.34. The molecule has 1 aliphatic carbocycles. The van der Waals surface area contributed by atoms with Gasteiger partial charge in [-0.3, -0.25) is 11.3 Å². The molecule has 0 amide bonds. The van der Waals surface area contributed by atoms with Gasteiger partial charge in [-0.15, -0.1) is 0 Å². The molecule has 1 aliphatic rings. The number of hydrazine groups is 1. The highest BCUT2D eigenvalue weighted by molar-refractivity contribution is 7.90. The molecule has 0 radical (unpaired) electrons. The predicted octanol–water partition coefficient (Wildman–Crippen LogP) is 0.443. The minimum atomic E-state index is -2.92. The van der Waals surface area contributed by atoms with Crippen molar-refractivity contribution in [3.05, 3.63) is 0 Å². The number of nitrogens with two attached hydrogens (primary N) is 1. The molecule has 0 aromatic heterocycles. The SMILES string of the molecule is CS(=O)(=O)CC(CC1CCCC1)NN. The lowest BCUT2D eigenvalue weighted by Crippen LogP contribution is -2.41. The van der Waals surface area contributed by atoms with Gasteiger partial charge in [-0.05, 0) is 12.3 Å². The first kappa shape index (κ1) is 11.9. The average Bonchev–Trinajstić information content (AvgIpc) is 2.53. The van der Waals surface area contributed by atoms with E-state index in [9.17, 15) is 8.42 Å². The van der Waals surface area contributed by atoms with Crippen LogP contribution in [0, 0.1) is 5.92 Å². The van der Waals surface area contributed by atoms with E-state index in [0.717, 1.165) is 6.42 Å². The van der Waals surface area contributed by atoms with Gasteiger partial charge in [0.05, 0.1) is 5.75 Å². The minimum Gasteiger partial charge on any atom is -0.271 e. The summed E-state index contributed by atoms with van der Waals surface area (Å²) >= 11 is 0. The highest BCUT2D eigenvalue weighted by Crippen LogP contribution is 2.28. The Balaban J connectivity index is 2.38. The standard InChI is InChI=1S/C9H20N2O2S/c1-14(12,13)7-9(11-10)6-8-4-2-3-5-8/h8-9,11H,2-7,10H2,1H3. The van der Waals surface area contributed by atoms with Crippen molar-refractivity contribution >= 4 is 9.84 Å². The predicted molar refractivity (Wildman–Crippen MR) is 57.4 cm³/mol. The second-order valence-corrected chi connectivity index (χ2v) is 6.53. The van der Waals surface area contributed by atoms with Gasteiger partial charge < -0.3 is 0 Å². The van der Waals surface area contributed by atoms with Crippen molar-refractivity contribution in [3.63, 3.8) is 0 Å². The van der Waals surface area contributed by atoms with Gasteiger partial charge in [-0.2, -0.15) is 0 Å². The molecular weight excluding hydrogens is 200 g/mol. The molecule has 3 N–H and O–H groups in total. The fourth-order valence-electron chi connectivity index (χ4n) is 2.20. The molecule has 1 rings (SSSR count). The van der Waals surface area contributed by atoms with E-state index in [0.29, 0.717) is 5.92 Å². The summed E-state index contributed by atoms with van der Waals surface area (Å²) in [6, 6.07) is -0.0758. The van der Waals surface area contributed by atoms with Crippen LogP contribution in [0.5, 0.6) is 0 Å². The van der Waals surface area contributed by atoms with Gasteiger partial charge in [0.2, 0.25) is 0 Å². The number of nitrogens with one attached hydrogen (secondary N) is 1. The molecule has 1 fully saturated rings. The molecule has 14 heavy (non-hydrogen) atoms. The molecule has 0 bridgehead atoms. The Morgan fingerprint density at radius 2 is 2.00 bits per heavy atom. The quantitative estimate of drug-likeness (QED) is 0.521. The van der Waals surface area contributed by atoms with Gasteiger partial charge in [0, 0.05) is 12.3 Å². The average molecular weight is 220 g/mol. The Labute approximate surface area is 86.1 Å². The largest absolute Gasteiger partial charge is 0.271 e. The van der Waals surface area contributed by atoms with E-state index in [1.165, 1.54) is 31.9 Å². The zero-order valence-corrected chi connectivity index (χ0v) is 9.52. The summed E-state index contributed by atoms with van der Waals surface area (Å²) in [5.74, 6) is 6.16. The molecule has 0 aliphatic heterocycles. The van der Waals surface area contributed by atoms with Gasteiger partial charge in [0.1, 0.15) is 9.84 Å². The fraction of sp³-hybridized carbons (Fsp3) is 1.00. The second kappa shape index (κ2) is 5.09. The van der Waals surface area contributed by atoms with Crippen molar-refractivity contribution in [2.45, 2.75) is 38.1 Å². The van der Waals surface area contributed by atoms with Crippen LogP contribution >= 0.6 is 0 Å². The zero-order valence-electron chi connectivity index (χ0n) is 8.70. The molecule has 1 unspecified atom stereocenters. The summed E-state index contributed by atoms with van der Waals surface area (Å²) < 4.78 is 22.2. The molecule has 0 saturated heterocycles. The smallest absolute Gasteiger partial charge is 0.149 e. The summed E-state index contributed by atoms with van der Waals surface area (Å²) in [5, 5.41) is 0. The third-order valence-corrected chi connectivity index (χ3v) is 3.84. The normalized spacial score (nSPS) is 21.3. The maximum Gasteiger partial charge on any atom is 0.149 e. The molecule has 0 aromatic rings. The van der Waals surface area contributed by atoms with Crippen molar-refractivity contribution in [2.75, 3.05) is 12.0 Å². The lowest BCUT2D eigenvalue weighted by Gasteiger charge is -2.18. The Morgan fingerprint density at radius 3 is 2.43 bits per heavy atom. The van der Waals surface area contributed by atoms with E-state index in [1.807, 2.05) is 0 Å². The number of sulfone groups is 1. The van der Waals surface area contributed by atoms with Crippen LogP contribution in [0.3, 0.4) is 0 Å². The van der Waals surface area contributed by atoms with E-state index in [1.54, 1.807) is 0 Å². The van der Waals surface area contributed by atoms with Crippen LogP contribution in [0.4, 0.5) is 0 Å². The van der Waals surface area contributed by atoms with E-state index in [2.05, 4.69) is 5.43 Å². The van der Waals surface area contributed by atoms with Crippen molar-refractivity contribution in [1.82, 2.24) is 5.43 Å². The third kappa shape index (κ3) is 4.39. The van der Waals surface area contributed by atoms with Gasteiger partial charge in [0.25, 0.3) is 0 Å². The first-order valence-corrected chi connectivity index (χ1v) is 7.21. The van der Waals surface area contributed by atoms with Crippen LogP contribution in [-0.2, 0) is 9.84 Å². The minimum absolute atomic E-state index is 0.0758. The lowest BCUT2D eigenvalue weighted by atomic mass is 10.00. The molecule has 1 atom stereocenters. The molecule has 84 valence electrons. The van der Waals surface area contributed by atoms with E-state index in [-0.39, 0.29) is 11.8 Å². The van der Waals surface area contributed by atoms with E-state index < -0.39 is 9.84 Å². The third-order valence-electron chi connectivity index (χ3n) is 2.83. The van der Waals surface area contributed by atoms with Crippen molar-refractivity contribution in [1.29, 1.82) is 0 Å². The fourth-order valence-corrected chi connectivity index (χ4v) is 3.16. The highest BCUT2D eigenvalue weighted by Gasteiger charge is 2.21. The Bertz CT molecular complexity index is 258. The summed E-state index contributed by atoms with van der Waals surface area (Å²) in [4.78, 5) is 0. The summed E-state index contributed by atoms with van der Waals surface area (Å²) in [7, 11) is -2.92. The van der Waals surface area contributed by atoms with E-state index in [4.69, 9.17) is 5.84 Å². The Hall–Kier alpha value is -0.130. The van der Waals surface area contributed by atoms with Gasteiger partial charge in [-0.1, -0.05) is 25.7 Å². The maximum atomic E-state index is 11.1. The van der Waals surface area contributed by atoms with Crippen LogP contribution < -0.4 is 11.3 Å². The van der Waals surface area contributed by atoms with E-state index >= 15 is 0 Å². The Morgan fingerprint density at radius 1 is 1.43 bits per heavy atom. The van der Waals surface area contributed by atoms with Crippen LogP contribution in [-0.4, -0.2) is 26.5 Å². The van der Waals surface area contributed by atoms with Crippen molar-refractivity contribution < 1.29 is 8.42 Å². The van der Waals surface area contributed by atoms with Crippen LogP contribution in [0.1, 0.15) is 32.1 Å². The lowest BCUT2D eigenvalue weighted by molar-refractivity contribution is 0.410. The summed E-state index contributed by atoms with van der Waals surface area (Å²) in [6.07, 6.45) is 7.15. The van der Waals surface area contributed by atoms with Gasteiger partial charge >= 0.3 is 0 Å². The zero-order chi connectivity index (χ0) is 10.6. The molecule has 5 heteroatoms. The Kier molecular flexibility index (Phi) is 4.34. The van der Waals surface area contributed by atoms with Crippen LogP contribution in [0.25, 0.3) is 0 Å². The molecule has 4 nitrogen and oxygen atoms in total. The first-order valence-electron chi connectivity index (χ1n) is 5.15. The number of hydrogen-bond acceptors (Lipinski definition) is 4. The highest BCUT2D eigenvalue weighted by atomic mass is 32.2. The summed E-state index contributed by atoms with van der Waals surface area (Å²) in [5.41, 5.74) is 2.61. The van der Waals surface area contributed by atoms with Crippen molar-refractivity contribution in [2.24, 2.45) is 11.8 Å². The first-order chi connectivity index (χ1) is 6.51. The van der Waals surface area contributed by atoms with Gasteiger partial charge in [-0.25, -0.2) is 8.42 Å². The van der Waals surface area contributed by atoms with Crippen LogP contribution in [0.15, 0.2) is 0 Å².